The van der Waals surface area contributed by atoms with E-state index in [0.717, 1.165) is 4.88 Å². The highest BCUT2D eigenvalue weighted by atomic mass is 32.1. The van der Waals surface area contributed by atoms with E-state index in [1.54, 1.807) is 27.9 Å². The highest BCUT2D eigenvalue weighted by Crippen LogP contribution is 2.25. The summed E-state index contributed by atoms with van der Waals surface area (Å²) in [4.78, 5) is 30.4. The molecule has 6 nitrogen and oxygen atoms in total. The number of aryl methyl sites for hydroxylation is 1. The Labute approximate surface area is 126 Å². The van der Waals surface area contributed by atoms with Crippen LogP contribution in [0.2, 0.25) is 0 Å². The third-order valence-corrected chi connectivity index (χ3v) is 3.76. The van der Waals surface area contributed by atoms with Crippen LogP contribution in [-0.4, -0.2) is 41.8 Å². The zero-order chi connectivity index (χ0) is 15.6. The average molecular weight is 307 g/mol. The lowest BCUT2D eigenvalue weighted by Gasteiger charge is -2.17. The molecule has 1 atom stereocenters. The Morgan fingerprint density at radius 3 is 2.71 bits per heavy atom. The van der Waals surface area contributed by atoms with Gasteiger partial charge in [0.05, 0.1) is 4.88 Å². The minimum atomic E-state index is -0.617. The van der Waals surface area contributed by atoms with Crippen molar-refractivity contribution in [1.29, 1.82) is 0 Å². The van der Waals surface area contributed by atoms with Crippen LogP contribution in [0.25, 0.3) is 10.8 Å². The Bertz CT molecular complexity index is 646. The minimum absolute atomic E-state index is 0.178. The van der Waals surface area contributed by atoms with Crippen molar-refractivity contribution in [2.24, 2.45) is 0 Å². The van der Waals surface area contributed by atoms with E-state index in [0.29, 0.717) is 11.7 Å². The third-order valence-electron chi connectivity index (χ3n) is 2.90. The molecule has 112 valence electrons. The van der Waals surface area contributed by atoms with Crippen molar-refractivity contribution >= 4 is 23.2 Å². The lowest BCUT2D eigenvalue weighted by molar-refractivity contribution is -0.130. The molecule has 2 amide bonds. The molecule has 0 aliphatic carbocycles. The Balaban J connectivity index is 2.15. The van der Waals surface area contributed by atoms with Crippen LogP contribution < -0.4 is 5.32 Å². The molecule has 0 radical (unpaired) electrons. The molecule has 7 heteroatoms. The second-order valence-corrected chi connectivity index (χ2v) is 5.78. The summed E-state index contributed by atoms with van der Waals surface area (Å²) in [6, 6.07) is 3.14. The third kappa shape index (κ3) is 3.30. The standard InChI is InChI=1S/C14H17N3O3S/c1-8(14(19)17(3)4)15-12(18)11-9(2)20-13(16-11)10-6-5-7-21-10/h5-8H,1-4H3,(H,15,18)/t8-/m1/s1. The quantitative estimate of drug-likeness (QED) is 0.936. The van der Waals surface area contributed by atoms with Crippen molar-refractivity contribution in [2.75, 3.05) is 14.1 Å². The minimum Gasteiger partial charge on any atom is -0.440 e. The van der Waals surface area contributed by atoms with Gasteiger partial charge in [0.15, 0.2) is 5.69 Å². The van der Waals surface area contributed by atoms with Crippen molar-refractivity contribution in [3.63, 3.8) is 0 Å². The summed E-state index contributed by atoms with van der Waals surface area (Å²) >= 11 is 1.48. The maximum atomic E-state index is 12.2. The predicted molar refractivity (Wildman–Crippen MR) is 80.2 cm³/mol. The number of nitrogens with one attached hydrogen (secondary N) is 1. The van der Waals surface area contributed by atoms with Crippen molar-refractivity contribution < 1.29 is 14.0 Å². The van der Waals surface area contributed by atoms with Crippen LogP contribution in [0.5, 0.6) is 0 Å². The number of carbonyl (C=O) groups is 2. The highest BCUT2D eigenvalue weighted by Gasteiger charge is 2.23. The van der Waals surface area contributed by atoms with Gasteiger partial charge in [0, 0.05) is 14.1 Å². The largest absolute Gasteiger partial charge is 0.440 e. The summed E-state index contributed by atoms with van der Waals surface area (Å²) in [5.41, 5.74) is 0.205. The van der Waals surface area contributed by atoms with Gasteiger partial charge in [0.25, 0.3) is 5.91 Å². The summed E-state index contributed by atoms with van der Waals surface area (Å²) < 4.78 is 5.51. The number of oxazole rings is 1. The molecule has 2 rings (SSSR count). The van der Waals surface area contributed by atoms with E-state index in [9.17, 15) is 9.59 Å². The summed E-state index contributed by atoms with van der Waals surface area (Å²) in [5, 5.41) is 4.54. The van der Waals surface area contributed by atoms with Gasteiger partial charge in [0.2, 0.25) is 11.8 Å². The number of amides is 2. The smallest absolute Gasteiger partial charge is 0.274 e. The number of rotatable bonds is 4. The summed E-state index contributed by atoms with van der Waals surface area (Å²) in [5.74, 6) is 0.254. The van der Waals surface area contributed by atoms with E-state index in [1.807, 2.05) is 17.5 Å². The van der Waals surface area contributed by atoms with Crippen molar-refractivity contribution in [3.05, 3.63) is 29.0 Å². The molecule has 0 fully saturated rings. The zero-order valence-corrected chi connectivity index (χ0v) is 13.2. The van der Waals surface area contributed by atoms with Gasteiger partial charge in [-0.2, -0.15) is 0 Å². The van der Waals surface area contributed by atoms with Gasteiger partial charge in [-0.15, -0.1) is 11.3 Å². The van der Waals surface area contributed by atoms with Gasteiger partial charge >= 0.3 is 0 Å². The molecule has 0 aliphatic heterocycles. The van der Waals surface area contributed by atoms with Gasteiger partial charge in [0.1, 0.15) is 11.8 Å². The predicted octanol–water partition coefficient (Wildman–Crippen LogP) is 1.92. The molecular formula is C14H17N3O3S. The topological polar surface area (TPSA) is 75.4 Å². The van der Waals surface area contributed by atoms with E-state index in [1.165, 1.54) is 16.2 Å². The second kappa shape index (κ2) is 6.09. The van der Waals surface area contributed by atoms with Crippen LogP contribution in [0.1, 0.15) is 23.2 Å². The summed E-state index contributed by atoms with van der Waals surface area (Å²) in [6.45, 7) is 3.31. The average Bonchev–Trinajstić information content (AvgIpc) is 3.06. The first-order valence-corrected chi connectivity index (χ1v) is 7.31. The molecule has 0 spiro atoms. The van der Waals surface area contributed by atoms with E-state index < -0.39 is 11.9 Å². The Kier molecular flexibility index (Phi) is 4.42. The fourth-order valence-electron chi connectivity index (χ4n) is 1.83. The first kappa shape index (κ1) is 15.2. The number of hydrogen-bond donors (Lipinski definition) is 1. The van der Waals surface area contributed by atoms with Gasteiger partial charge in [-0.05, 0) is 25.3 Å². The SMILES string of the molecule is Cc1oc(-c2cccs2)nc1C(=O)N[C@H](C)C(=O)N(C)C. The van der Waals surface area contributed by atoms with Crippen molar-refractivity contribution in [1.82, 2.24) is 15.2 Å². The zero-order valence-electron chi connectivity index (χ0n) is 12.3. The normalized spacial score (nSPS) is 12.0. The molecule has 21 heavy (non-hydrogen) atoms. The molecule has 0 saturated heterocycles. The van der Waals surface area contributed by atoms with Gasteiger partial charge < -0.3 is 14.6 Å². The first-order valence-electron chi connectivity index (χ1n) is 6.43. The fraction of sp³-hybridized carbons (Fsp3) is 0.357. The first-order chi connectivity index (χ1) is 9.90. The lowest BCUT2D eigenvalue weighted by atomic mass is 10.2. The van der Waals surface area contributed by atoms with Crippen LogP contribution in [0.15, 0.2) is 21.9 Å². The number of aromatic nitrogens is 1. The molecule has 2 aromatic rings. The van der Waals surface area contributed by atoms with Crippen LogP contribution >= 0.6 is 11.3 Å². The maximum absolute atomic E-state index is 12.2. The number of hydrogen-bond acceptors (Lipinski definition) is 5. The molecule has 0 bridgehead atoms. The van der Waals surface area contributed by atoms with Gasteiger partial charge in [-0.25, -0.2) is 4.98 Å². The van der Waals surface area contributed by atoms with Gasteiger partial charge in [-0.1, -0.05) is 6.07 Å². The molecule has 0 saturated carbocycles. The monoisotopic (exact) mass is 307 g/mol. The van der Waals surface area contributed by atoms with Gasteiger partial charge in [-0.3, -0.25) is 9.59 Å². The number of thiophene rings is 1. The fourth-order valence-corrected chi connectivity index (χ4v) is 2.48. The number of likely N-dealkylation sites (N-methyl/N-ethyl adjacent to an activating group) is 1. The molecule has 2 aromatic heterocycles. The Hall–Kier alpha value is -2.15. The van der Waals surface area contributed by atoms with E-state index in [-0.39, 0.29) is 11.6 Å². The maximum Gasteiger partial charge on any atom is 0.274 e. The molecule has 1 N–H and O–H groups in total. The summed E-state index contributed by atoms with van der Waals surface area (Å²) in [7, 11) is 3.28. The van der Waals surface area contributed by atoms with Crippen LogP contribution in [-0.2, 0) is 4.79 Å². The molecule has 0 unspecified atom stereocenters. The number of nitrogens with zero attached hydrogens (tertiary/aromatic N) is 2. The Morgan fingerprint density at radius 1 is 1.43 bits per heavy atom. The van der Waals surface area contributed by atoms with Crippen LogP contribution in [0, 0.1) is 6.92 Å². The molecular weight excluding hydrogens is 290 g/mol. The van der Waals surface area contributed by atoms with Crippen LogP contribution in [0.4, 0.5) is 0 Å². The van der Waals surface area contributed by atoms with Crippen molar-refractivity contribution in [3.8, 4) is 10.8 Å². The highest BCUT2D eigenvalue weighted by molar-refractivity contribution is 7.13. The van der Waals surface area contributed by atoms with Crippen molar-refractivity contribution in [2.45, 2.75) is 19.9 Å². The molecule has 0 aromatic carbocycles. The summed E-state index contributed by atoms with van der Waals surface area (Å²) in [6.07, 6.45) is 0. The molecule has 0 aliphatic rings. The van der Waals surface area contributed by atoms with Crippen LogP contribution in [0.3, 0.4) is 0 Å². The van der Waals surface area contributed by atoms with E-state index >= 15 is 0 Å². The Morgan fingerprint density at radius 2 is 2.14 bits per heavy atom. The van der Waals surface area contributed by atoms with E-state index in [4.69, 9.17) is 4.42 Å². The van der Waals surface area contributed by atoms with E-state index in [2.05, 4.69) is 10.3 Å². The second-order valence-electron chi connectivity index (χ2n) is 4.83. The number of carbonyl (C=O) groups excluding carboxylic acids is 2. The lowest BCUT2D eigenvalue weighted by Crippen LogP contribution is -2.44. The molecule has 2 heterocycles.